The van der Waals surface area contributed by atoms with E-state index in [0.29, 0.717) is 11.1 Å². The molecule has 3 aromatic carbocycles. The van der Waals surface area contributed by atoms with Gasteiger partial charge in [-0.15, -0.1) is 0 Å². The van der Waals surface area contributed by atoms with Gasteiger partial charge in [0.1, 0.15) is 0 Å². The number of esters is 1. The van der Waals surface area contributed by atoms with Crippen LogP contribution < -0.4 is 0 Å². The van der Waals surface area contributed by atoms with Crippen molar-refractivity contribution in [3.63, 3.8) is 0 Å². The van der Waals surface area contributed by atoms with Crippen LogP contribution in [0.15, 0.2) is 66.7 Å². The van der Waals surface area contributed by atoms with E-state index in [-0.39, 0.29) is 33.8 Å². The molecule has 0 aromatic heterocycles. The second-order valence-electron chi connectivity index (χ2n) is 6.22. The van der Waals surface area contributed by atoms with E-state index in [9.17, 15) is 14.4 Å². The Morgan fingerprint density at radius 1 is 0.750 bits per heavy atom. The molecule has 1 aliphatic carbocycles. The van der Waals surface area contributed by atoms with Crippen molar-refractivity contribution in [3.05, 3.63) is 106 Å². The van der Waals surface area contributed by atoms with Gasteiger partial charge in [-0.1, -0.05) is 54.3 Å². The molecule has 0 amide bonds. The molecule has 0 bridgehead atoms. The first-order valence-electron chi connectivity index (χ1n) is 8.62. The molecule has 134 valence electrons. The van der Waals surface area contributed by atoms with Crippen molar-refractivity contribution < 1.29 is 19.1 Å². The molecular formula is C24H14O4. The van der Waals surface area contributed by atoms with E-state index < -0.39 is 5.97 Å². The fourth-order valence-corrected chi connectivity index (χ4v) is 3.25. The van der Waals surface area contributed by atoms with E-state index in [1.165, 1.54) is 19.2 Å². The molecule has 3 aromatic rings. The van der Waals surface area contributed by atoms with Gasteiger partial charge in [0.25, 0.3) is 0 Å². The number of benzene rings is 3. The van der Waals surface area contributed by atoms with Crippen molar-refractivity contribution in [2.75, 3.05) is 7.11 Å². The highest BCUT2D eigenvalue weighted by atomic mass is 16.5. The number of rotatable bonds is 1. The van der Waals surface area contributed by atoms with Crippen LogP contribution in [0.4, 0.5) is 0 Å². The summed E-state index contributed by atoms with van der Waals surface area (Å²) in [6.45, 7) is 0. The molecule has 0 aliphatic heterocycles. The minimum Gasteiger partial charge on any atom is -0.465 e. The van der Waals surface area contributed by atoms with Crippen molar-refractivity contribution in [2.45, 2.75) is 0 Å². The third-order valence-electron chi connectivity index (χ3n) is 4.60. The fraction of sp³-hybridized carbons (Fsp3) is 0.0417. The molecule has 0 saturated carbocycles. The predicted octanol–water partition coefficient (Wildman–Crippen LogP) is 3.65. The molecule has 1 aliphatic rings. The van der Waals surface area contributed by atoms with Crippen molar-refractivity contribution in [1.29, 1.82) is 0 Å². The maximum atomic E-state index is 13.2. The van der Waals surface area contributed by atoms with Gasteiger partial charge in [-0.3, -0.25) is 9.59 Å². The number of ketones is 2. The molecule has 0 radical (unpaired) electrons. The molecule has 4 rings (SSSR count). The minimum absolute atomic E-state index is 0.148. The zero-order valence-electron chi connectivity index (χ0n) is 15.0. The van der Waals surface area contributed by atoms with Crippen LogP contribution in [-0.2, 0) is 4.74 Å². The van der Waals surface area contributed by atoms with E-state index in [1.54, 1.807) is 24.3 Å². The molecule has 4 nitrogen and oxygen atoms in total. The lowest BCUT2D eigenvalue weighted by Crippen LogP contribution is -2.23. The first-order valence-corrected chi connectivity index (χ1v) is 8.62. The summed E-state index contributed by atoms with van der Waals surface area (Å²) < 4.78 is 4.85. The van der Waals surface area contributed by atoms with E-state index in [4.69, 9.17) is 4.74 Å². The molecule has 0 saturated heterocycles. The highest BCUT2D eigenvalue weighted by molar-refractivity contribution is 6.29. The Balaban J connectivity index is 1.99. The van der Waals surface area contributed by atoms with Gasteiger partial charge in [0, 0.05) is 22.3 Å². The third kappa shape index (κ3) is 2.80. The van der Waals surface area contributed by atoms with Gasteiger partial charge in [-0.05, 0) is 24.3 Å². The summed E-state index contributed by atoms with van der Waals surface area (Å²) in [5.74, 6) is 4.70. The molecule has 28 heavy (non-hydrogen) atoms. The van der Waals surface area contributed by atoms with Crippen LogP contribution >= 0.6 is 0 Å². The largest absolute Gasteiger partial charge is 0.465 e. The lowest BCUT2D eigenvalue weighted by Gasteiger charge is -2.19. The predicted molar refractivity (Wildman–Crippen MR) is 104 cm³/mol. The zero-order valence-corrected chi connectivity index (χ0v) is 15.0. The third-order valence-corrected chi connectivity index (χ3v) is 4.60. The summed E-state index contributed by atoms with van der Waals surface area (Å²) in [5.41, 5.74) is 2.15. The molecule has 4 heteroatoms. The number of carbonyl (C=O) groups is 3. The number of ether oxygens (including phenoxy) is 1. The van der Waals surface area contributed by atoms with Crippen LogP contribution in [0.3, 0.4) is 0 Å². The second-order valence-corrected chi connectivity index (χ2v) is 6.22. The highest BCUT2D eigenvalue weighted by Gasteiger charge is 2.33. The molecule has 0 heterocycles. The number of fused-ring (bicyclic) bond motifs is 2. The summed E-state index contributed by atoms with van der Waals surface area (Å²) in [5, 5.41) is 0. The first-order chi connectivity index (χ1) is 13.6. The standard InChI is InChI=1S/C24H14O4/c1-28-24(27)19-13-14-20-21(16(19)12-11-15-7-3-2-4-8-15)23(26)18-10-6-5-9-17(18)22(20)25/h2-10,13-14H,1H3. The van der Waals surface area contributed by atoms with Crippen molar-refractivity contribution in [1.82, 2.24) is 0 Å². The van der Waals surface area contributed by atoms with Crippen molar-refractivity contribution >= 4 is 17.5 Å². The quantitative estimate of drug-likeness (QED) is 0.381. The Labute approximate surface area is 161 Å². The Morgan fingerprint density at radius 2 is 1.39 bits per heavy atom. The van der Waals surface area contributed by atoms with Gasteiger partial charge in [-0.2, -0.15) is 0 Å². The summed E-state index contributed by atoms with van der Waals surface area (Å²) in [4.78, 5) is 38.4. The lowest BCUT2D eigenvalue weighted by molar-refractivity contribution is 0.0600. The molecular weight excluding hydrogens is 352 g/mol. The topological polar surface area (TPSA) is 60.4 Å². The maximum Gasteiger partial charge on any atom is 0.339 e. The SMILES string of the molecule is COC(=O)c1ccc2c(c1C#Cc1ccccc1)C(=O)c1ccccc1C2=O. The molecule has 0 spiro atoms. The molecule has 0 unspecified atom stereocenters. The van der Waals surface area contributed by atoms with Crippen LogP contribution in [0.5, 0.6) is 0 Å². The number of carbonyl (C=O) groups excluding carboxylic acids is 3. The number of hydrogen-bond donors (Lipinski definition) is 0. The van der Waals surface area contributed by atoms with Gasteiger partial charge in [-0.25, -0.2) is 4.79 Å². The number of hydrogen-bond acceptors (Lipinski definition) is 4. The monoisotopic (exact) mass is 366 g/mol. The van der Waals surface area contributed by atoms with Crippen molar-refractivity contribution in [2.24, 2.45) is 0 Å². The van der Waals surface area contributed by atoms with Crippen molar-refractivity contribution in [3.8, 4) is 11.8 Å². The van der Waals surface area contributed by atoms with E-state index in [2.05, 4.69) is 11.8 Å². The Bertz CT molecular complexity index is 1190. The first kappa shape index (κ1) is 17.4. The van der Waals surface area contributed by atoms with Crippen LogP contribution in [0.2, 0.25) is 0 Å². The Morgan fingerprint density at radius 3 is 2.07 bits per heavy atom. The normalized spacial score (nSPS) is 11.8. The Hall–Kier alpha value is -3.97. The van der Waals surface area contributed by atoms with Gasteiger partial charge < -0.3 is 4.74 Å². The van der Waals surface area contributed by atoms with Gasteiger partial charge in [0.05, 0.1) is 23.8 Å². The average Bonchev–Trinajstić information content (AvgIpc) is 2.75. The van der Waals surface area contributed by atoms with E-state index in [1.807, 2.05) is 30.3 Å². The van der Waals surface area contributed by atoms with E-state index >= 15 is 0 Å². The van der Waals surface area contributed by atoms with Crippen LogP contribution in [0.1, 0.15) is 53.3 Å². The van der Waals surface area contributed by atoms with Gasteiger partial charge in [0.15, 0.2) is 11.6 Å². The minimum atomic E-state index is -0.612. The zero-order chi connectivity index (χ0) is 19.7. The molecule has 0 atom stereocenters. The van der Waals surface area contributed by atoms with Gasteiger partial charge in [0.2, 0.25) is 0 Å². The summed E-state index contributed by atoms with van der Waals surface area (Å²) in [6, 6.07) is 18.8. The smallest absolute Gasteiger partial charge is 0.339 e. The fourth-order valence-electron chi connectivity index (χ4n) is 3.25. The maximum absolute atomic E-state index is 13.2. The van der Waals surface area contributed by atoms with Crippen LogP contribution in [0.25, 0.3) is 0 Å². The lowest BCUT2D eigenvalue weighted by atomic mass is 9.80. The van der Waals surface area contributed by atoms with E-state index in [0.717, 1.165) is 5.56 Å². The Kier molecular flexibility index (Phi) is 4.35. The number of methoxy groups -OCH3 is 1. The summed E-state index contributed by atoms with van der Waals surface area (Å²) in [7, 11) is 1.26. The molecule has 0 N–H and O–H groups in total. The van der Waals surface area contributed by atoms with Crippen LogP contribution in [-0.4, -0.2) is 24.6 Å². The van der Waals surface area contributed by atoms with Crippen LogP contribution in [0, 0.1) is 11.8 Å². The highest BCUT2D eigenvalue weighted by Crippen LogP contribution is 2.31. The summed E-state index contributed by atoms with van der Waals surface area (Å²) in [6.07, 6.45) is 0. The second kappa shape index (κ2) is 6.98. The average molecular weight is 366 g/mol. The van der Waals surface area contributed by atoms with Gasteiger partial charge >= 0.3 is 5.97 Å². The summed E-state index contributed by atoms with van der Waals surface area (Å²) >= 11 is 0. The molecule has 0 fully saturated rings.